The lowest BCUT2D eigenvalue weighted by Crippen LogP contribution is -2.39. The second-order valence-electron chi connectivity index (χ2n) is 6.72. The Morgan fingerprint density at radius 3 is 2.44 bits per heavy atom. The molecule has 0 radical (unpaired) electrons. The van der Waals surface area contributed by atoms with Crippen LogP contribution in [-0.2, 0) is 31.0 Å². The van der Waals surface area contributed by atoms with Gasteiger partial charge in [-0.05, 0) is 43.3 Å². The zero-order valence-corrected chi connectivity index (χ0v) is 19.6. The van der Waals surface area contributed by atoms with E-state index in [0.29, 0.717) is 21.5 Å². The first kappa shape index (κ1) is 23.9. The molecule has 168 valence electrons. The maximum Gasteiger partial charge on any atom is 0.324 e. The zero-order valence-electron chi connectivity index (χ0n) is 17.2. The number of esters is 1. The van der Waals surface area contributed by atoms with E-state index in [-0.39, 0.29) is 17.4 Å². The molecule has 1 amide bonds. The first-order valence-corrected chi connectivity index (χ1v) is 12.2. The number of nitrogens with one attached hydrogen (secondary N) is 1. The number of hydrogen-bond donors (Lipinski definition) is 1. The van der Waals surface area contributed by atoms with Crippen LogP contribution in [0.3, 0.4) is 0 Å². The summed E-state index contributed by atoms with van der Waals surface area (Å²) in [5.41, 5.74) is 1.11. The second kappa shape index (κ2) is 10.2. The third-order valence-corrected chi connectivity index (χ3v) is 6.92. The van der Waals surface area contributed by atoms with E-state index < -0.39 is 22.0 Å². The molecule has 8 nitrogen and oxygen atoms in total. The molecule has 32 heavy (non-hydrogen) atoms. The molecular weight excluding hydrogens is 474 g/mol. The summed E-state index contributed by atoms with van der Waals surface area (Å²) in [7, 11) is -3.92. The molecule has 0 aliphatic heterocycles. The molecule has 1 aromatic heterocycles. The number of anilines is 2. The van der Waals surface area contributed by atoms with Gasteiger partial charge in [0.1, 0.15) is 12.6 Å². The molecule has 0 fully saturated rings. The Balaban J connectivity index is 1.62. The number of carbonyl (C=O) groups excluding carboxylic acids is 2. The number of hydrogen-bond acceptors (Lipinski definition) is 7. The van der Waals surface area contributed by atoms with Gasteiger partial charge in [-0.15, -0.1) is 11.3 Å². The highest BCUT2D eigenvalue weighted by atomic mass is 35.5. The van der Waals surface area contributed by atoms with Crippen LogP contribution in [0.4, 0.5) is 10.8 Å². The molecule has 3 rings (SSSR count). The van der Waals surface area contributed by atoms with Crippen molar-refractivity contribution in [3.63, 3.8) is 0 Å². The predicted molar refractivity (Wildman–Crippen MR) is 122 cm³/mol. The van der Waals surface area contributed by atoms with Crippen LogP contribution >= 0.6 is 22.9 Å². The van der Waals surface area contributed by atoms with E-state index in [1.807, 2.05) is 18.2 Å². The van der Waals surface area contributed by atoms with Gasteiger partial charge in [0.2, 0.25) is 15.9 Å². The fourth-order valence-electron chi connectivity index (χ4n) is 2.70. The SMILES string of the molecule is CC(=O)N(c1ccccc1)c1nc(COC(=O)[C@H](C)NS(=O)(=O)c2ccc(Cl)cc2)cs1. The minimum absolute atomic E-state index is 0.0177. The summed E-state index contributed by atoms with van der Waals surface area (Å²) in [6, 6.07) is 13.5. The lowest BCUT2D eigenvalue weighted by molar-refractivity contribution is -0.146. The van der Waals surface area contributed by atoms with Gasteiger partial charge in [-0.3, -0.25) is 14.5 Å². The van der Waals surface area contributed by atoms with Gasteiger partial charge in [-0.25, -0.2) is 13.4 Å². The highest BCUT2D eigenvalue weighted by Crippen LogP contribution is 2.28. The van der Waals surface area contributed by atoms with Crippen molar-refractivity contribution in [1.29, 1.82) is 0 Å². The van der Waals surface area contributed by atoms with Crippen molar-refractivity contribution >= 4 is 55.7 Å². The van der Waals surface area contributed by atoms with Crippen LogP contribution in [-0.4, -0.2) is 31.3 Å². The van der Waals surface area contributed by atoms with Gasteiger partial charge < -0.3 is 4.74 Å². The number of rotatable bonds is 8. The van der Waals surface area contributed by atoms with Crippen LogP contribution in [0.1, 0.15) is 19.5 Å². The maximum atomic E-state index is 12.4. The highest BCUT2D eigenvalue weighted by Gasteiger charge is 2.24. The van der Waals surface area contributed by atoms with E-state index in [2.05, 4.69) is 9.71 Å². The molecule has 0 unspecified atom stereocenters. The Labute approximate surface area is 194 Å². The lowest BCUT2D eigenvalue weighted by Gasteiger charge is -2.17. The lowest BCUT2D eigenvalue weighted by atomic mass is 10.3. The highest BCUT2D eigenvalue weighted by molar-refractivity contribution is 7.89. The number of carbonyl (C=O) groups is 2. The molecule has 1 atom stereocenters. The Hall–Kier alpha value is -2.79. The van der Waals surface area contributed by atoms with Gasteiger partial charge in [0, 0.05) is 17.3 Å². The summed E-state index contributed by atoms with van der Waals surface area (Å²) in [4.78, 5) is 30.2. The molecule has 0 bridgehead atoms. The van der Waals surface area contributed by atoms with Crippen molar-refractivity contribution in [1.82, 2.24) is 9.71 Å². The molecule has 1 heterocycles. The molecular formula is C21H20ClN3O5S2. The Kier molecular flexibility index (Phi) is 7.62. The van der Waals surface area contributed by atoms with Crippen molar-refractivity contribution in [2.45, 2.75) is 31.4 Å². The Bertz CT molecular complexity index is 1200. The van der Waals surface area contributed by atoms with Gasteiger partial charge in [0.05, 0.1) is 16.3 Å². The molecule has 0 aliphatic rings. The van der Waals surface area contributed by atoms with E-state index >= 15 is 0 Å². The quantitative estimate of drug-likeness (QED) is 0.477. The zero-order chi connectivity index (χ0) is 23.3. The number of halogens is 1. The number of para-hydroxylation sites is 1. The van der Waals surface area contributed by atoms with Crippen LogP contribution < -0.4 is 9.62 Å². The summed E-state index contributed by atoms with van der Waals surface area (Å²) >= 11 is 7.00. The number of ether oxygens (including phenoxy) is 1. The summed E-state index contributed by atoms with van der Waals surface area (Å²) in [6.07, 6.45) is 0. The van der Waals surface area contributed by atoms with Crippen molar-refractivity contribution < 1.29 is 22.7 Å². The fraction of sp³-hybridized carbons (Fsp3) is 0.190. The largest absolute Gasteiger partial charge is 0.458 e. The van der Waals surface area contributed by atoms with Gasteiger partial charge in [-0.2, -0.15) is 4.72 Å². The average molecular weight is 494 g/mol. The van der Waals surface area contributed by atoms with E-state index in [0.717, 1.165) is 0 Å². The van der Waals surface area contributed by atoms with Gasteiger partial charge in [0.25, 0.3) is 0 Å². The monoisotopic (exact) mass is 493 g/mol. The third-order valence-electron chi connectivity index (χ3n) is 4.23. The maximum absolute atomic E-state index is 12.4. The normalized spacial score (nSPS) is 12.2. The Morgan fingerprint density at radius 2 is 1.81 bits per heavy atom. The average Bonchev–Trinajstić information content (AvgIpc) is 3.21. The van der Waals surface area contributed by atoms with Crippen molar-refractivity contribution in [3.05, 3.63) is 70.7 Å². The van der Waals surface area contributed by atoms with Crippen LogP contribution in [0, 0.1) is 0 Å². The van der Waals surface area contributed by atoms with Crippen LogP contribution in [0.25, 0.3) is 0 Å². The van der Waals surface area contributed by atoms with Crippen LogP contribution in [0.15, 0.2) is 64.9 Å². The van der Waals surface area contributed by atoms with Crippen molar-refractivity contribution in [3.8, 4) is 0 Å². The number of sulfonamides is 1. The molecule has 1 N–H and O–H groups in total. The van der Waals surface area contributed by atoms with Crippen LogP contribution in [0.5, 0.6) is 0 Å². The molecule has 2 aromatic carbocycles. The smallest absolute Gasteiger partial charge is 0.324 e. The molecule has 0 spiro atoms. The molecule has 0 aliphatic carbocycles. The molecule has 11 heteroatoms. The van der Waals surface area contributed by atoms with E-state index in [9.17, 15) is 18.0 Å². The number of benzene rings is 2. The first-order chi connectivity index (χ1) is 15.2. The van der Waals surface area contributed by atoms with E-state index in [1.165, 1.54) is 54.3 Å². The van der Waals surface area contributed by atoms with Crippen molar-refractivity contribution in [2.24, 2.45) is 0 Å². The standard InChI is InChI=1S/C21H20ClN3O5S2/c1-14(24-32(28,29)19-10-8-16(22)9-11-19)20(27)30-12-17-13-31-21(23-17)25(15(2)26)18-6-4-3-5-7-18/h3-11,13-14,24H,12H2,1-2H3/t14-/m0/s1. The van der Waals surface area contributed by atoms with E-state index in [1.54, 1.807) is 17.5 Å². The second-order valence-corrected chi connectivity index (χ2v) is 9.70. The topological polar surface area (TPSA) is 106 Å². The number of amides is 1. The molecule has 3 aromatic rings. The minimum atomic E-state index is -3.92. The van der Waals surface area contributed by atoms with Gasteiger partial charge in [0.15, 0.2) is 5.13 Å². The van der Waals surface area contributed by atoms with E-state index in [4.69, 9.17) is 16.3 Å². The Morgan fingerprint density at radius 1 is 1.16 bits per heavy atom. The summed E-state index contributed by atoms with van der Waals surface area (Å²) in [6.45, 7) is 2.65. The third kappa shape index (κ3) is 5.92. The summed E-state index contributed by atoms with van der Waals surface area (Å²) in [5.74, 6) is -0.970. The first-order valence-electron chi connectivity index (χ1n) is 9.42. The number of thiazole rings is 1. The van der Waals surface area contributed by atoms with Gasteiger partial charge >= 0.3 is 5.97 Å². The summed E-state index contributed by atoms with van der Waals surface area (Å²) < 4.78 is 32.3. The predicted octanol–water partition coefficient (Wildman–Crippen LogP) is 3.89. The summed E-state index contributed by atoms with van der Waals surface area (Å²) in [5, 5.41) is 2.50. The van der Waals surface area contributed by atoms with Crippen molar-refractivity contribution in [2.75, 3.05) is 4.90 Å². The fourth-order valence-corrected chi connectivity index (χ4v) is 4.89. The molecule has 0 saturated heterocycles. The minimum Gasteiger partial charge on any atom is -0.458 e. The van der Waals surface area contributed by atoms with Crippen LogP contribution in [0.2, 0.25) is 5.02 Å². The van der Waals surface area contributed by atoms with Gasteiger partial charge in [-0.1, -0.05) is 29.8 Å². The number of aromatic nitrogens is 1. The number of nitrogens with zero attached hydrogens (tertiary/aromatic N) is 2. The molecule has 0 saturated carbocycles.